The number of nitrogens with zero attached hydrogens (tertiary/aromatic N) is 2. The molecular formula is C10H16N2O2. The van der Waals surface area contributed by atoms with Crippen LogP contribution < -0.4 is 0 Å². The Morgan fingerprint density at radius 1 is 1.57 bits per heavy atom. The van der Waals surface area contributed by atoms with Gasteiger partial charge in [-0.1, -0.05) is 6.92 Å². The molecule has 0 aliphatic rings. The minimum Gasteiger partial charge on any atom is -0.481 e. The fraction of sp³-hybridized carbons (Fsp3) is 0.600. The highest BCUT2D eigenvalue weighted by atomic mass is 16.4. The predicted octanol–water partition coefficient (Wildman–Crippen LogP) is 1.31. The maximum atomic E-state index is 10.5. The van der Waals surface area contributed by atoms with Crippen molar-refractivity contribution >= 4 is 5.97 Å². The number of aryl methyl sites for hydroxylation is 2. The van der Waals surface area contributed by atoms with Gasteiger partial charge in [0, 0.05) is 19.2 Å². The van der Waals surface area contributed by atoms with Crippen LogP contribution >= 0.6 is 0 Å². The summed E-state index contributed by atoms with van der Waals surface area (Å²) in [6.45, 7) is 4.03. The second-order valence-electron chi connectivity index (χ2n) is 3.38. The van der Waals surface area contributed by atoms with E-state index in [2.05, 4.69) is 12.0 Å². The van der Waals surface area contributed by atoms with Gasteiger partial charge < -0.3 is 5.11 Å². The lowest BCUT2D eigenvalue weighted by Gasteiger charge is -2.02. The van der Waals surface area contributed by atoms with Crippen LogP contribution in [0.5, 0.6) is 0 Å². The summed E-state index contributed by atoms with van der Waals surface area (Å²) < 4.78 is 1.79. The molecule has 0 bridgehead atoms. The van der Waals surface area contributed by atoms with Gasteiger partial charge in [-0.3, -0.25) is 9.48 Å². The van der Waals surface area contributed by atoms with E-state index in [9.17, 15) is 4.79 Å². The summed E-state index contributed by atoms with van der Waals surface area (Å²) in [6.07, 6.45) is 1.65. The zero-order valence-electron chi connectivity index (χ0n) is 8.87. The van der Waals surface area contributed by atoms with Crippen molar-refractivity contribution in [2.75, 3.05) is 0 Å². The molecule has 1 heterocycles. The molecule has 0 unspecified atom stereocenters. The fourth-order valence-corrected chi connectivity index (χ4v) is 1.75. The molecule has 0 aliphatic carbocycles. The van der Waals surface area contributed by atoms with Crippen LogP contribution in [0, 0.1) is 6.92 Å². The Labute approximate surface area is 83.5 Å². The van der Waals surface area contributed by atoms with E-state index in [4.69, 9.17) is 5.11 Å². The number of carboxylic acids is 1. The van der Waals surface area contributed by atoms with Gasteiger partial charge in [0.15, 0.2) is 0 Å². The highest BCUT2D eigenvalue weighted by Crippen LogP contribution is 2.15. The van der Waals surface area contributed by atoms with Gasteiger partial charge in [0.2, 0.25) is 0 Å². The monoisotopic (exact) mass is 196 g/mol. The van der Waals surface area contributed by atoms with Crippen molar-refractivity contribution in [3.8, 4) is 0 Å². The number of hydrogen-bond donors (Lipinski definition) is 1. The topological polar surface area (TPSA) is 55.1 Å². The third-order valence-electron chi connectivity index (χ3n) is 2.40. The minimum atomic E-state index is -0.758. The van der Waals surface area contributed by atoms with Gasteiger partial charge in [0.05, 0.1) is 12.1 Å². The van der Waals surface area contributed by atoms with E-state index >= 15 is 0 Å². The molecule has 0 spiro atoms. The molecular weight excluding hydrogens is 180 g/mol. The molecule has 14 heavy (non-hydrogen) atoms. The summed E-state index contributed by atoms with van der Waals surface area (Å²) in [6, 6.07) is 0. The molecule has 0 atom stereocenters. The van der Waals surface area contributed by atoms with Crippen molar-refractivity contribution in [2.24, 2.45) is 7.05 Å². The first-order chi connectivity index (χ1) is 6.56. The molecule has 1 aromatic rings. The van der Waals surface area contributed by atoms with E-state index in [1.54, 1.807) is 4.68 Å². The van der Waals surface area contributed by atoms with Crippen LogP contribution in [0.2, 0.25) is 0 Å². The van der Waals surface area contributed by atoms with Crippen molar-refractivity contribution in [1.29, 1.82) is 0 Å². The smallest absolute Gasteiger partial charge is 0.303 e. The van der Waals surface area contributed by atoms with E-state index in [1.165, 1.54) is 5.56 Å². The third kappa shape index (κ3) is 2.13. The Kier molecular flexibility index (Phi) is 3.28. The standard InChI is InChI=1S/C10H16N2O2/c1-4-8-7(2)11-12(3)9(8)5-6-10(13)14/h4-6H2,1-3H3,(H,13,14). The summed E-state index contributed by atoms with van der Waals surface area (Å²) in [7, 11) is 1.86. The molecule has 1 rings (SSSR count). The van der Waals surface area contributed by atoms with Crippen LogP contribution in [0.1, 0.15) is 30.3 Å². The van der Waals surface area contributed by atoms with Gasteiger partial charge in [0.25, 0.3) is 0 Å². The Hall–Kier alpha value is -1.32. The van der Waals surface area contributed by atoms with E-state index < -0.39 is 5.97 Å². The molecule has 0 fully saturated rings. The van der Waals surface area contributed by atoms with Crippen molar-refractivity contribution in [3.63, 3.8) is 0 Å². The van der Waals surface area contributed by atoms with E-state index in [-0.39, 0.29) is 6.42 Å². The first-order valence-electron chi connectivity index (χ1n) is 4.79. The highest BCUT2D eigenvalue weighted by molar-refractivity contribution is 5.67. The molecule has 0 aliphatic heterocycles. The third-order valence-corrected chi connectivity index (χ3v) is 2.40. The van der Waals surface area contributed by atoms with Crippen LogP contribution in [-0.2, 0) is 24.7 Å². The molecule has 0 amide bonds. The van der Waals surface area contributed by atoms with Crippen molar-refractivity contribution < 1.29 is 9.90 Å². The number of aliphatic carboxylic acids is 1. The van der Waals surface area contributed by atoms with E-state index in [1.807, 2.05) is 14.0 Å². The number of rotatable bonds is 4. The van der Waals surface area contributed by atoms with Crippen molar-refractivity contribution in [2.45, 2.75) is 33.1 Å². The number of carbonyl (C=O) groups is 1. The molecule has 1 N–H and O–H groups in total. The lowest BCUT2D eigenvalue weighted by molar-refractivity contribution is -0.136. The van der Waals surface area contributed by atoms with Crippen LogP contribution in [0.25, 0.3) is 0 Å². The van der Waals surface area contributed by atoms with Crippen LogP contribution in [0.4, 0.5) is 0 Å². The predicted molar refractivity (Wildman–Crippen MR) is 53.3 cm³/mol. The number of hydrogen-bond acceptors (Lipinski definition) is 2. The van der Waals surface area contributed by atoms with Crippen molar-refractivity contribution in [1.82, 2.24) is 9.78 Å². The lowest BCUT2D eigenvalue weighted by Crippen LogP contribution is -2.04. The van der Waals surface area contributed by atoms with Gasteiger partial charge in [-0.2, -0.15) is 5.10 Å². The van der Waals surface area contributed by atoms with Gasteiger partial charge >= 0.3 is 5.97 Å². The SMILES string of the molecule is CCc1c(C)nn(C)c1CCC(=O)O. The molecule has 78 valence electrons. The largest absolute Gasteiger partial charge is 0.481 e. The summed E-state index contributed by atoms with van der Waals surface area (Å²) >= 11 is 0. The van der Waals surface area contributed by atoms with E-state index in [0.717, 1.165) is 17.8 Å². The Morgan fingerprint density at radius 2 is 2.21 bits per heavy atom. The number of aromatic nitrogens is 2. The summed E-state index contributed by atoms with van der Waals surface area (Å²) in [4.78, 5) is 10.5. The molecule has 4 heteroatoms. The fourth-order valence-electron chi connectivity index (χ4n) is 1.75. The average molecular weight is 196 g/mol. The molecule has 4 nitrogen and oxygen atoms in total. The first kappa shape index (κ1) is 10.8. The minimum absolute atomic E-state index is 0.173. The van der Waals surface area contributed by atoms with Crippen LogP contribution in [0.15, 0.2) is 0 Å². The van der Waals surface area contributed by atoms with E-state index in [0.29, 0.717) is 6.42 Å². The van der Waals surface area contributed by atoms with Crippen LogP contribution in [0.3, 0.4) is 0 Å². The maximum absolute atomic E-state index is 10.5. The average Bonchev–Trinajstić information content (AvgIpc) is 2.36. The Balaban J connectivity index is 2.88. The quantitative estimate of drug-likeness (QED) is 0.789. The normalized spacial score (nSPS) is 10.5. The second kappa shape index (κ2) is 4.26. The Morgan fingerprint density at radius 3 is 2.71 bits per heavy atom. The maximum Gasteiger partial charge on any atom is 0.303 e. The summed E-state index contributed by atoms with van der Waals surface area (Å²) in [5.41, 5.74) is 3.25. The zero-order chi connectivity index (χ0) is 10.7. The molecule has 1 aromatic heterocycles. The van der Waals surface area contributed by atoms with Crippen LogP contribution in [-0.4, -0.2) is 20.9 Å². The van der Waals surface area contributed by atoms with Gasteiger partial charge in [-0.05, 0) is 18.9 Å². The second-order valence-corrected chi connectivity index (χ2v) is 3.38. The molecule has 0 radical (unpaired) electrons. The van der Waals surface area contributed by atoms with Gasteiger partial charge in [0.1, 0.15) is 0 Å². The zero-order valence-corrected chi connectivity index (χ0v) is 8.87. The summed E-state index contributed by atoms with van der Waals surface area (Å²) in [5, 5.41) is 12.9. The number of carboxylic acid groups (broad SMARTS) is 1. The Bertz CT molecular complexity index is 342. The van der Waals surface area contributed by atoms with Crippen molar-refractivity contribution in [3.05, 3.63) is 17.0 Å². The molecule has 0 saturated heterocycles. The molecule has 0 saturated carbocycles. The highest BCUT2D eigenvalue weighted by Gasteiger charge is 2.12. The summed E-state index contributed by atoms with van der Waals surface area (Å²) in [5.74, 6) is -0.758. The first-order valence-corrected chi connectivity index (χ1v) is 4.79. The van der Waals surface area contributed by atoms with Gasteiger partial charge in [-0.15, -0.1) is 0 Å². The van der Waals surface area contributed by atoms with Gasteiger partial charge in [-0.25, -0.2) is 0 Å². The molecule has 0 aromatic carbocycles. The lowest BCUT2D eigenvalue weighted by atomic mass is 10.1.